The second kappa shape index (κ2) is 10.8. The number of hydrogen-bond donors (Lipinski definition) is 2. The first-order valence-electron chi connectivity index (χ1n) is 12.4. The molecule has 0 radical (unpaired) electrons. The highest BCUT2D eigenvalue weighted by molar-refractivity contribution is 6.30. The van der Waals surface area contributed by atoms with Crippen LogP contribution in [0.4, 0.5) is 8.78 Å². The van der Waals surface area contributed by atoms with E-state index in [1.54, 1.807) is 16.8 Å². The molecular formula is C27H29ClF2N4O3. The number of carbonyl (C=O) groups is 1. The standard InChI is InChI=1S/C27H29ClF2N4O3/c28-20-3-1-17(2-4-20)14-34-27(37)24-15-32(13-18-9-21(29)12-22(30)10-18)7-5-25(24)33(34)8-6-31-26(36)23-11-19(23)16-35/h1-4,9-10,12,19,23,35H,5-8,11,13-16H2,(H,31,36)/t19-,23+/m0/s1. The lowest BCUT2D eigenvalue weighted by Gasteiger charge is -2.27. The summed E-state index contributed by atoms with van der Waals surface area (Å²) < 4.78 is 31.0. The molecule has 5 rings (SSSR count). The Morgan fingerprint density at radius 3 is 2.46 bits per heavy atom. The lowest BCUT2D eigenvalue weighted by atomic mass is 10.1. The number of nitrogens with one attached hydrogen (secondary N) is 1. The Balaban J connectivity index is 1.36. The van der Waals surface area contributed by atoms with Gasteiger partial charge in [0.2, 0.25) is 5.91 Å². The molecule has 2 N–H and O–H groups in total. The van der Waals surface area contributed by atoms with E-state index < -0.39 is 11.6 Å². The van der Waals surface area contributed by atoms with Crippen LogP contribution in [-0.4, -0.2) is 45.0 Å². The third-order valence-electron chi connectivity index (χ3n) is 7.18. The molecule has 2 atom stereocenters. The van der Waals surface area contributed by atoms with Crippen LogP contribution < -0.4 is 10.9 Å². The van der Waals surface area contributed by atoms with Gasteiger partial charge in [-0.1, -0.05) is 23.7 Å². The number of carbonyl (C=O) groups excluding carboxylic acids is 1. The minimum absolute atomic E-state index is 0.0165. The van der Waals surface area contributed by atoms with Crippen LogP contribution in [-0.2, 0) is 37.4 Å². The second-order valence-corrected chi connectivity index (χ2v) is 10.3. The lowest BCUT2D eigenvalue weighted by Crippen LogP contribution is -2.33. The molecule has 1 fully saturated rings. The van der Waals surface area contributed by atoms with Gasteiger partial charge in [-0.3, -0.25) is 19.2 Å². The number of amides is 1. The van der Waals surface area contributed by atoms with E-state index >= 15 is 0 Å². The summed E-state index contributed by atoms with van der Waals surface area (Å²) in [5.74, 6) is -1.41. The summed E-state index contributed by atoms with van der Waals surface area (Å²) in [5.41, 5.74) is 2.89. The maximum Gasteiger partial charge on any atom is 0.271 e. The number of aliphatic hydroxyl groups excluding tert-OH is 1. The highest BCUT2D eigenvalue weighted by Crippen LogP contribution is 2.37. The molecular weight excluding hydrogens is 502 g/mol. The summed E-state index contributed by atoms with van der Waals surface area (Å²) in [6.45, 7) is 2.48. The van der Waals surface area contributed by atoms with Gasteiger partial charge in [0, 0.05) is 61.9 Å². The first kappa shape index (κ1) is 25.6. The van der Waals surface area contributed by atoms with Crippen LogP contribution in [0, 0.1) is 23.5 Å². The van der Waals surface area contributed by atoms with Gasteiger partial charge in [0.25, 0.3) is 5.56 Å². The molecule has 0 spiro atoms. The molecule has 196 valence electrons. The van der Waals surface area contributed by atoms with E-state index in [9.17, 15) is 23.5 Å². The summed E-state index contributed by atoms with van der Waals surface area (Å²) in [4.78, 5) is 27.9. The molecule has 10 heteroatoms. The zero-order valence-electron chi connectivity index (χ0n) is 20.3. The van der Waals surface area contributed by atoms with E-state index in [2.05, 4.69) is 5.32 Å². The van der Waals surface area contributed by atoms with Gasteiger partial charge < -0.3 is 10.4 Å². The van der Waals surface area contributed by atoms with Crippen LogP contribution >= 0.6 is 11.6 Å². The first-order valence-corrected chi connectivity index (χ1v) is 12.8. The average Bonchev–Trinajstić information content (AvgIpc) is 3.61. The molecule has 3 aromatic rings. The minimum Gasteiger partial charge on any atom is -0.396 e. The van der Waals surface area contributed by atoms with E-state index in [0.29, 0.717) is 68.3 Å². The summed E-state index contributed by atoms with van der Waals surface area (Å²) >= 11 is 6.03. The van der Waals surface area contributed by atoms with Crippen molar-refractivity contribution >= 4 is 17.5 Å². The van der Waals surface area contributed by atoms with Gasteiger partial charge in [0.15, 0.2) is 0 Å². The molecule has 2 aliphatic rings. The number of fused-ring (bicyclic) bond motifs is 1. The monoisotopic (exact) mass is 530 g/mol. The van der Waals surface area contributed by atoms with Crippen LogP contribution in [0.3, 0.4) is 0 Å². The predicted octanol–water partition coefficient (Wildman–Crippen LogP) is 2.93. The van der Waals surface area contributed by atoms with Crippen LogP contribution in [0.5, 0.6) is 0 Å². The Labute approximate surface area is 218 Å². The normalized spacial score (nSPS) is 19.0. The van der Waals surface area contributed by atoms with E-state index in [0.717, 1.165) is 17.3 Å². The Morgan fingerprint density at radius 2 is 1.78 bits per heavy atom. The Hall–Kier alpha value is -3.01. The molecule has 0 bridgehead atoms. The summed E-state index contributed by atoms with van der Waals surface area (Å²) in [6.07, 6.45) is 1.30. The van der Waals surface area contributed by atoms with Crippen molar-refractivity contribution in [3.05, 3.63) is 91.9 Å². The van der Waals surface area contributed by atoms with Crippen molar-refractivity contribution in [2.45, 2.75) is 39.0 Å². The highest BCUT2D eigenvalue weighted by atomic mass is 35.5. The topological polar surface area (TPSA) is 79.5 Å². The zero-order chi connectivity index (χ0) is 26.1. The van der Waals surface area contributed by atoms with Gasteiger partial charge in [-0.2, -0.15) is 0 Å². The van der Waals surface area contributed by atoms with Crippen molar-refractivity contribution in [2.75, 3.05) is 19.7 Å². The number of aromatic nitrogens is 2. The maximum absolute atomic E-state index is 13.7. The smallest absolute Gasteiger partial charge is 0.271 e. The molecule has 0 unspecified atom stereocenters. The van der Waals surface area contributed by atoms with Crippen LogP contribution in [0.25, 0.3) is 0 Å². The maximum atomic E-state index is 13.7. The van der Waals surface area contributed by atoms with Gasteiger partial charge >= 0.3 is 0 Å². The average molecular weight is 531 g/mol. The second-order valence-electron chi connectivity index (χ2n) is 9.85. The van der Waals surface area contributed by atoms with Crippen LogP contribution in [0.15, 0.2) is 47.3 Å². The zero-order valence-corrected chi connectivity index (χ0v) is 21.1. The van der Waals surface area contributed by atoms with Gasteiger partial charge in [-0.15, -0.1) is 0 Å². The molecule has 1 aromatic heterocycles. The highest BCUT2D eigenvalue weighted by Gasteiger charge is 2.42. The fraction of sp³-hybridized carbons (Fsp3) is 0.407. The van der Waals surface area contributed by atoms with E-state index in [4.69, 9.17) is 11.6 Å². The molecule has 37 heavy (non-hydrogen) atoms. The Morgan fingerprint density at radius 1 is 1.05 bits per heavy atom. The van der Waals surface area contributed by atoms with E-state index in [-0.39, 0.29) is 29.9 Å². The summed E-state index contributed by atoms with van der Waals surface area (Å²) in [5, 5.41) is 12.8. The third kappa shape index (κ3) is 5.79. The molecule has 1 saturated carbocycles. The van der Waals surface area contributed by atoms with Crippen molar-refractivity contribution in [2.24, 2.45) is 11.8 Å². The number of nitrogens with zero attached hydrogens (tertiary/aromatic N) is 3. The van der Waals surface area contributed by atoms with Crippen molar-refractivity contribution in [3.63, 3.8) is 0 Å². The molecule has 2 aromatic carbocycles. The molecule has 1 amide bonds. The number of benzene rings is 2. The van der Waals surface area contributed by atoms with Crippen molar-refractivity contribution in [1.82, 2.24) is 19.6 Å². The largest absolute Gasteiger partial charge is 0.396 e. The number of rotatable bonds is 9. The van der Waals surface area contributed by atoms with Gasteiger partial charge in [0.05, 0.1) is 18.7 Å². The molecule has 0 saturated heterocycles. The van der Waals surface area contributed by atoms with Gasteiger partial charge in [0.1, 0.15) is 11.6 Å². The Bertz CT molecular complexity index is 1330. The quantitative estimate of drug-likeness (QED) is 0.446. The molecule has 7 nitrogen and oxygen atoms in total. The number of hydrogen-bond acceptors (Lipinski definition) is 4. The number of halogens is 3. The SMILES string of the molecule is O=C(NCCn1c2c(c(=O)n1Cc1ccc(Cl)cc1)CN(Cc1cc(F)cc(F)c1)CC2)[C@@H]1C[C@H]1CO. The van der Waals surface area contributed by atoms with Crippen LogP contribution in [0.1, 0.15) is 28.8 Å². The van der Waals surface area contributed by atoms with E-state index in [1.807, 2.05) is 21.7 Å². The summed E-state index contributed by atoms with van der Waals surface area (Å²) in [7, 11) is 0. The number of aliphatic hydroxyl groups is 1. The van der Waals surface area contributed by atoms with E-state index in [1.165, 1.54) is 12.1 Å². The summed E-state index contributed by atoms with van der Waals surface area (Å²) in [6, 6.07) is 10.8. The lowest BCUT2D eigenvalue weighted by molar-refractivity contribution is -0.122. The van der Waals surface area contributed by atoms with Crippen molar-refractivity contribution < 1.29 is 18.7 Å². The molecule has 2 heterocycles. The predicted molar refractivity (Wildman–Crippen MR) is 135 cm³/mol. The van der Waals surface area contributed by atoms with Crippen LogP contribution in [0.2, 0.25) is 5.02 Å². The third-order valence-corrected chi connectivity index (χ3v) is 7.43. The van der Waals surface area contributed by atoms with Crippen molar-refractivity contribution in [3.8, 4) is 0 Å². The molecule has 1 aliphatic carbocycles. The fourth-order valence-electron chi connectivity index (χ4n) is 5.15. The first-order chi connectivity index (χ1) is 17.8. The van der Waals surface area contributed by atoms with Crippen molar-refractivity contribution in [1.29, 1.82) is 0 Å². The fourth-order valence-corrected chi connectivity index (χ4v) is 5.28. The molecule has 1 aliphatic heterocycles. The van der Waals surface area contributed by atoms with Gasteiger partial charge in [-0.05, 0) is 47.7 Å². The Kier molecular flexibility index (Phi) is 7.46. The minimum atomic E-state index is -0.622. The van der Waals surface area contributed by atoms with Gasteiger partial charge in [-0.25, -0.2) is 13.5 Å².